The van der Waals surface area contributed by atoms with Gasteiger partial charge in [0.2, 0.25) is 5.91 Å². The zero-order chi connectivity index (χ0) is 21.3. The van der Waals surface area contributed by atoms with Crippen LogP contribution in [0.1, 0.15) is 5.76 Å². The van der Waals surface area contributed by atoms with Crippen LogP contribution >= 0.6 is 24.0 Å². The Hall–Kier alpha value is -1.78. The summed E-state index contributed by atoms with van der Waals surface area (Å²) in [7, 11) is 3.12. The number of rotatable bonds is 7. The average Bonchev–Trinajstić information content (AvgIpc) is 3.46. The average molecular weight is 449 g/mol. The second-order valence-electron chi connectivity index (χ2n) is 7.41. The first-order valence-electron chi connectivity index (χ1n) is 9.73. The highest BCUT2D eigenvalue weighted by Crippen LogP contribution is 2.29. The van der Waals surface area contributed by atoms with E-state index in [1.54, 1.807) is 30.9 Å². The number of thioether (sulfide) groups is 1. The SMILES string of the molecule is COC(OC)[C@@H]1CSCN1C(=O)[C@H]1NCC(=S)C1C(=O)Cc1cc2ccccc2o1. The number of carbonyl (C=O) groups excluding carboxylic acids is 2. The molecule has 2 aliphatic heterocycles. The van der Waals surface area contributed by atoms with E-state index in [9.17, 15) is 9.59 Å². The van der Waals surface area contributed by atoms with Gasteiger partial charge in [0, 0.05) is 36.8 Å². The lowest BCUT2D eigenvalue weighted by molar-refractivity contribution is -0.157. The van der Waals surface area contributed by atoms with Gasteiger partial charge >= 0.3 is 0 Å². The Bertz CT molecular complexity index is 925. The number of nitrogens with zero attached hydrogens (tertiary/aromatic N) is 1. The zero-order valence-corrected chi connectivity index (χ0v) is 18.5. The van der Waals surface area contributed by atoms with Crippen LogP contribution in [0.5, 0.6) is 0 Å². The fourth-order valence-electron chi connectivity index (χ4n) is 4.12. The van der Waals surface area contributed by atoms with Crippen molar-refractivity contribution in [3.63, 3.8) is 0 Å². The van der Waals surface area contributed by atoms with Crippen LogP contribution in [-0.2, 0) is 25.5 Å². The fourth-order valence-corrected chi connectivity index (χ4v) is 5.67. The molecule has 0 bridgehead atoms. The minimum absolute atomic E-state index is 0.0991. The third kappa shape index (κ3) is 4.04. The normalized spacial score (nSPS) is 24.3. The van der Waals surface area contributed by atoms with Crippen molar-refractivity contribution in [1.29, 1.82) is 0 Å². The van der Waals surface area contributed by atoms with Crippen LogP contribution < -0.4 is 5.32 Å². The highest BCUT2D eigenvalue weighted by atomic mass is 32.2. The molecule has 7 nitrogen and oxygen atoms in total. The minimum atomic E-state index is -0.676. The monoisotopic (exact) mass is 448 g/mol. The van der Waals surface area contributed by atoms with E-state index in [4.69, 9.17) is 26.1 Å². The topological polar surface area (TPSA) is 81.0 Å². The molecule has 3 heterocycles. The Morgan fingerprint density at radius 2 is 2.10 bits per heavy atom. The molecule has 0 saturated carbocycles. The number of ether oxygens (including phenoxy) is 2. The van der Waals surface area contributed by atoms with Gasteiger partial charge in [-0.05, 0) is 12.1 Å². The summed E-state index contributed by atoms with van der Waals surface area (Å²) < 4.78 is 16.5. The highest BCUT2D eigenvalue weighted by Gasteiger charge is 2.46. The maximum Gasteiger partial charge on any atom is 0.241 e. The number of para-hydroxylation sites is 1. The van der Waals surface area contributed by atoms with E-state index >= 15 is 0 Å². The smallest absolute Gasteiger partial charge is 0.241 e. The van der Waals surface area contributed by atoms with Crippen molar-refractivity contribution in [2.45, 2.75) is 24.8 Å². The standard InChI is InChI=1S/C21H24N2O5S2/c1-26-21(27-2)14-10-30-11-23(14)20(25)19-18(17(29)9-22-19)15(24)8-13-7-12-5-3-4-6-16(12)28-13/h3-7,14,18-19,21-22H,8-11H2,1-2H3/t14-,18?,19-/m0/s1. The molecule has 1 N–H and O–H groups in total. The fraction of sp³-hybridized carbons (Fsp3) is 0.476. The second-order valence-corrected chi connectivity index (χ2v) is 8.94. The van der Waals surface area contributed by atoms with Crippen molar-refractivity contribution < 1.29 is 23.5 Å². The van der Waals surface area contributed by atoms with Crippen molar-refractivity contribution in [2.75, 3.05) is 32.4 Å². The Kier molecular flexibility index (Phi) is 6.54. The van der Waals surface area contributed by atoms with Gasteiger partial charge in [0.05, 0.1) is 24.3 Å². The van der Waals surface area contributed by atoms with Gasteiger partial charge in [-0.15, -0.1) is 11.8 Å². The van der Waals surface area contributed by atoms with Crippen LogP contribution in [0.4, 0.5) is 0 Å². The van der Waals surface area contributed by atoms with E-state index in [0.29, 0.717) is 28.8 Å². The summed E-state index contributed by atoms with van der Waals surface area (Å²) in [6.45, 7) is 0.367. The summed E-state index contributed by atoms with van der Waals surface area (Å²) in [6, 6.07) is 8.60. The molecular formula is C21H24N2O5S2. The molecular weight excluding hydrogens is 424 g/mol. The van der Waals surface area contributed by atoms with Crippen LogP contribution in [-0.4, -0.2) is 72.2 Å². The maximum atomic E-state index is 13.4. The first-order chi connectivity index (χ1) is 14.5. The first kappa shape index (κ1) is 21.5. The number of nitrogens with one attached hydrogen (secondary N) is 1. The molecule has 160 valence electrons. The molecule has 0 radical (unpaired) electrons. The van der Waals surface area contributed by atoms with Crippen molar-refractivity contribution in [3.05, 3.63) is 36.1 Å². The number of hydrogen-bond acceptors (Lipinski definition) is 8. The van der Waals surface area contributed by atoms with Gasteiger partial charge in [-0.3, -0.25) is 9.59 Å². The number of hydrogen-bond donors (Lipinski definition) is 1. The highest BCUT2D eigenvalue weighted by molar-refractivity contribution is 7.99. The molecule has 1 amide bonds. The number of fused-ring (bicyclic) bond motifs is 1. The van der Waals surface area contributed by atoms with Crippen LogP contribution in [0.25, 0.3) is 11.0 Å². The van der Waals surface area contributed by atoms with Gasteiger partial charge in [-0.1, -0.05) is 30.4 Å². The van der Waals surface area contributed by atoms with E-state index in [-0.39, 0.29) is 24.2 Å². The molecule has 4 rings (SSSR count). The molecule has 0 aliphatic carbocycles. The number of ketones is 1. The van der Waals surface area contributed by atoms with Crippen LogP contribution in [0.15, 0.2) is 34.7 Å². The Labute approximate surface area is 184 Å². The quantitative estimate of drug-likeness (QED) is 0.509. The van der Waals surface area contributed by atoms with Crippen molar-refractivity contribution in [3.8, 4) is 0 Å². The van der Waals surface area contributed by atoms with Gasteiger partial charge in [0.25, 0.3) is 0 Å². The van der Waals surface area contributed by atoms with E-state index in [1.165, 1.54) is 0 Å². The minimum Gasteiger partial charge on any atom is -0.461 e. The lowest BCUT2D eigenvalue weighted by Crippen LogP contribution is -2.53. The summed E-state index contributed by atoms with van der Waals surface area (Å²) in [6.07, 6.45) is -0.413. The van der Waals surface area contributed by atoms with Gasteiger partial charge in [-0.25, -0.2) is 0 Å². The number of furan rings is 1. The molecule has 2 aliphatic rings. The number of amides is 1. The third-order valence-electron chi connectivity index (χ3n) is 5.60. The van der Waals surface area contributed by atoms with E-state index < -0.39 is 18.2 Å². The van der Waals surface area contributed by atoms with Crippen LogP contribution in [0, 0.1) is 5.92 Å². The summed E-state index contributed by atoms with van der Waals surface area (Å²) >= 11 is 7.09. The summed E-state index contributed by atoms with van der Waals surface area (Å²) in [5, 5.41) is 4.09. The van der Waals surface area contributed by atoms with E-state index in [1.807, 2.05) is 30.3 Å². The van der Waals surface area contributed by atoms with E-state index in [0.717, 1.165) is 11.0 Å². The molecule has 2 fully saturated rings. The third-order valence-corrected chi connectivity index (χ3v) is 7.03. The molecule has 30 heavy (non-hydrogen) atoms. The first-order valence-corrected chi connectivity index (χ1v) is 11.3. The number of methoxy groups -OCH3 is 2. The molecule has 3 atom stereocenters. The summed E-state index contributed by atoms with van der Waals surface area (Å²) in [4.78, 5) is 28.8. The van der Waals surface area contributed by atoms with Gasteiger partial charge in [0.15, 0.2) is 12.1 Å². The lowest BCUT2D eigenvalue weighted by Gasteiger charge is -2.31. The maximum absolute atomic E-state index is 13.4. The van der Waals surface area contributed by atoms with Gasteiger partial charge < -0.3 is 24.1 Å². The van der Waals surface area contributed by atoms with Crippen molar-refractivity contribution in [2.24, 2.45) is 5.92 Å². The predicted octanol–water partition coefficient (Wildman–Crippen LogP) is 2.02. The Morgan fingerprint density at radius 1 is 1.33 bits per heavy atom. The molecule has 2 aromatic rings. The molecule has 1 aromatic heterocycles. The molecule has 0 spiro atoms. The number of Topliss-reactive ketones (excluding diaryl/α,β-unsaturated/α-hetero) is 1. The molecule has 2 saturated heterocycles. The van der Waals surface area contributed by atoms with Gasteiger partial charge in [-0.2, -0.15) is 0 Å². The lowest BCUT2D eigenvalue weighted by atomic mass is 9.91. The Balaban J connectivity index is 1.51. The van der Waals surface area contributed by atoms with Crippen LogP contribution in [0.2, 0.25) is 0 Å². The number of carbonyl (C=O) groups is 2. The second kappa shape index (κ2) is 9.15. The number of benzene rings is 1. The van der Waals surface area contributed by atoms with Crippen LogP contribution in [0.3, 0.4) is 0 Å². The van der Waals surface area contributed by atoms with Gasteiger partial charge in [0.1, 0.15) is 17.4 Å². The molecule has 1 aromatic carbocycles. The zero-order valence-electron chi connectivity index (χ0n) is 16.8. The molecule has 1 unspecified atom stereocenters. The summed E-state index contributed by atoms with van der Waals surface area (Å²) in [5.41, 5.74) is 0.738. The number of thiocarbonyl (C=S) groups is 1. The summed E-state index contributed by atoms with van der Waals surface area (Å²) in [5.74, 6) is 0.911. The van der Waals surface area contributed by atoms with E-state index in [2.05, 4.69) is 5.32 Å². The predicted molar refractivity (Wildman–Crippen MR) is 119 cm³/mol. The largest absolute Gasteiger partial charge is 0.461 e. The Morgan fingerprint density at radius 3 is 2.83 bits per heavy atom. The van der Waals surface area contributed by atoms with Crippen molar-refractivity contribution in [1.82, 2.24) is 10.2 Å². The molecule has 9 heteroatoms. The van der Waals surface area contributed by atoms with Crippen molar-refractivity contribution >= 4 is 51.5 Å².